The van der Waals surface area contributed by atoms with Crippen molar-refractivity contribution < 1.29 is 62.8 Å². The second-order valence-corrected chi connectivity index (χ2v) is 14.5. The number of methoxy groups -OCH3 is 1. The first kappa shape index (κ1) is 41.3. The molecule has 3 aliphatic rings. The number of fused-ring (bicyclic) bond motifs is 3. The summed E-state index contributed by atoms with van der Waals surface area (Å²) in [7, 11) is 7.78. The van der Waals surface area contributed by atoms with Gasteiger partial charge < -0.3 is 40.4 Å². The number of anilines is 2. The number of aromatic hydroxyl groups is 1. The molecule has 0 saturated heterocycles. The standard InChI is InChI=1S/C38H45N5O13/c1-7-12-43(37(52)56-17-55-36(51)18-8-10-20(54-6)11-9-18)16-25(44)40-23-15-24(41(2)3)21-13-19-14-22-29(42(4)5)32(47)28(35(39)50)34(49)38(22,53)33(48)26(19)31(46)27(21)30(23)45/h8-11,15,19,22,26,28-29,45,53H,7,12-14,16-17H2,1-6H3,(H2,39,50)(H,40,44)/t19-,22-,26?,28?,29-,38-/m0/s1. The van der Waals surface area contributed by atoms with Gasteiger partial charge in [-0.25, -0.2) is 9.59 Å². The van der Waals surface area contributed by atoms with Crippen molar-refractivity contribution in [2.24, 2.45) is 29.4 Å². The van der Waals surface area contributed by atoms with E-state index in [9.17, 15) is 48.6 Å². The Kier molecular flexibility index (Phi) is 11.9. The topological polar surface area (TPSA) is 252 Å². The molecule has 6 atom stereocenters. The van der Waals surface area contributed by atoms with Crippen LogP contribution in [0.3, 0.4) is 0 Å². The van der Waals surface area contributed by atoms with Gasteiger partial charge in [0.25, 0.3) is 0 Å². The van der Waals surface area contributed by atoms with Gasteiger partial charge >= 0.3 is 12.1 Å². The fourth-order valence-electron chi connectivity index (χ4n) is 8.05. The number of ketones is 4. The minimum absolute atomic E-state index is 0.0142. The molecule has 0 radical (unpaired) electrons. The number of nitrogens with zero attached hydrogens (tertiary/aromatic N) is 3. The van der Waals surface area contributed by atoms with Gasteiger partial charge in [-0.1, -0.05) is 6.92 Å². The number of hydrogen-bond donors (Lipinski definition) is 4. The maximum Gasteiger partial charge on any atom is 0.413 e. The number of amides is 3. The smallest absolute Gasteiger partial charge is 0.413 e. The number of primary amides is 1. The summed E-state index contributed by atoms with van der Waals surface area (Å²) in [4.78, 5) is 110. The van der Waals surface area contributed by atoms with Crippen molar-refractivity contribution in [1.82, 2.24) is 9.80 Å². The molecule has 18 heteroatoms. The monoisotopic (exact) mass is 779 g/mol. The average molecular weight is 780 g/mol. The van der Waals surface area contributed by atoms with Crippen molar-refractivity contribution >= 4 is 58.4 Å². The molecule has 3 amide bonds. The molecule has 2 aromatic carbocycles. The number of benzene rings is 2. The van der Waals surface area contributed by atoms with Crippen molar-refractivity contribution in [1.29, 1.82) is 0 Å². The van der Waals surface area contributed by atoms with Gasteiger partial charge in [-0.3, -0.25) is 38.6 Å². The predicted molar refractivity (Wildman–Crippen MR) is 196 cm³/mol. The summed E-state index contributed by atoms with van der Waals surface area (Å²) in [6.07, 6.45) is -0.677. The number of esters is 1. The van der Waals surface area contributed by atoms with Crippen LogP contribution in [0.2, 0.25) is 0 Å². The van der Waals surface area contributed by atoms with Gasteiger partial charge in [0.2, 0.25) is 18.6 Å². The molecule has 300 valence electrons. The molecule has 2 aromatic rings. The lowest BCUT2D eigenvalue weighted by atomic mass is 9.52. The Labute approximate surface area is 321 Å². The van der Waals surface area contributed by atoms with Crippen LogP contribution in [-0.4, -0.2) is 134 Å². The number of carbonyl (C=O) groups excluding carboxylic acids is 8. The first-order valence-corrected chi connectivity index (χ1v) is 17.8. The zero-order valence-electron chi connectivity index (χ0n) is 31.8. The highest BCUT2D eigenvalue weighted by atomic mass is 16.7. The molecule has 3 aliphatic carbocycles. The number of aliphatic hydroxyl groups is 1. The second-order valence-electron chi connectivity index (χ2n) is 14.5. The Morgan fingerprint density at radius 2 is 1.66 bits per heavy atom. The van der Waals surface area contributed by atoms with Gasteiger partial charge in [0.15, 0.2) is 34.7 Å². The van der Waals surface area contributed by atoms with Gasteiger partial charge in [0.05, 0.1) is 35.9 Å². The Bertz CT molecular complexity index is 1980. The summed E-state index contributed by atoms with van der Waals surface area (Å²) in [6.45, 7) is 0.482. The van der Waals surface area contributed by atoms with Crippen LogP contribution in [0.5, 0.6) is 11.5 Å². The predicted octanol–water partition coefficient (Wildman–Crippen LogP) is 0.543. The normalized spacial score (nSPS) is 24.0. The molecule has 2 unspecified atom stereocenters. The number of nitrogens with one attached hydrogen (secondary N) is 1. The first-order valence-electron chi connectivity index (χ1n) is 17.8. The van der Waals surface area contributed by atoms with Crippen LogP contribution in [0.4, 0.5) is 16.2 Å². The largest absolute Gasteiger partial charge is 0.505 e. The van der Waals surface area contributed by atoms with Gasteiger partial charge in [-0.05, 0) is 75.2 Å². The molecular formula is C38H45N5O13. The van der Waals surface area contributed by atoms with Crippen molar-refractivity contribution in [3.63, 3.8) is 0 Å². The quantitative estimate of drug-likeness (QED) is 0.0993. The van der Waals surface area contributed by atoms with Gasteiger partial charge in [0.1, 0.15) is 18.0 Å². The van der Waals surface area contributed by atoms with Crippen LogP contribution in [-0.2, 0) is 39.9 Å². The van der Waals surface area contributed by atoms with Crippen LogP contribution < -0.4 is 20.7 Å². The van der Waals surface area contributed by atoms with Crippen LogP contribution in [0.1, 0.15) is 46.0 Å². The third-order valence-corrected chi connectivity index (χ3v) is 10.6. The Morgan fingerprint density at radius 1 is 1.00 bits per heavy atom. The highest BCUT2D eigenvalue weighted by Crippen LogP contribution is 2.52. The summed E-state index contributed by atoms with van der Waals surface area (Å²) in [5.41, 5.74) is 2.86. The van der Waals surface area contributed by atoms with E-state index in [2.05, 4.69) is 5.32 Å². The van der Waals surface area contributed by atoms with Crippen molar-refractivity contribution in [2.45, 2.75) is 37.8 Å². The minimum Gasteiger partial charge on any atom is -0.505 e. The van der Waals surface area contributed by atoms with Crippen LogP contribution in [0.15, 0.2) is 30.3 Å². The van der Waals surface area contributed by atoms with E-state index in [1.54, 1.807) is 38.1 Å². The molecule has 56 heavy (non-hydrogen) atoms. The number of hydrogen-bond acceptors (Lipinski definition) is 15. The van der Waals surface area contributed by atoms with E-state index in [4.69, 9.17) is 19.9 Å². The third-order valence-electron chi connectivity index (χ3n) is 10.6. The molecule has 0 spiro atoms. The SMILES string of the molecule is CCCN(CC(=O)Nc1cc(N(C)C)c2c(c1O)C(=O)C1C(=O)[C@]3(O)C(=O)C(C(N)=O)C(=O)[C@@H](N(C)C)[C@@H]3C[C@@H]1C2)C(=O)OCOC(=O)c1ccc(OC)cc1. The van der Waals surface area contributed by atoms with Gasteiger partial charge in [-0.2, -0.15) is 0 Å². The summed E-state index contributed by atoms with van der Waals surface area (Å²) in [5.74, 6) is -13.3. The highest BCUT2D eigenvalue weighted by molar-refractivity contribution is 6.32. The summed E-state index contributed by atoms with van der Waals surface area (Å²) in [5, 5.41) is 25.9. The molecule has 0 aromatic heterocycles. The van der Waals surface area contributed by atoms with Crippen molar-refractivity contribution in [2.75, 3.05) is 65.4 Å². The van der Waals surface area contributed by atoms with E-state index in [1.807, 2.05) is 0 Å². The third kappa shape index (κ3) is 7.28. The van der Waals surface area contributed by atoms with Gasteiger partial charge in [0, 0.05) is 32.2 Å². The summed E-state index contributed by atoms with van der Waals surface area (Å²) in [6, 6.07) is 6.22. The zero-order valence-corrected chi connectivity index (χ0v) is 31.8. The van der Waals surface area contributed by atoms with E-state index in [-0.39, 0.29) is 36.2 Å². The van der Waals surface area contributed by atoms with Crippen molar-refractivity contribution in [3.05, 3.63) is 47.0 Å². The number of rotatable bonds is 12. The molecule has 0 heterocycles. The van der Waals surface area contributed by atoms with E-state index in [0.29, 0.717) is 23.4 Å². The molecule has 0 bridgehead atoms. The summed E-state index contributed by atoms with van der Waals surface area (Å²) >= 11 is 0. The molecular weight excluding hydrogens is 734 g/mol. The Morgan fingerprint density at radius 3 is 2.23 bits per heavy atom. The average Bonchev–Trinajstić information content (AvgIpc) is 3.13. The maximum atomic E-state index is 14.3. The lowest BCUT2D eigenvalue weighted by Crippen LogP contribution is -2.74. The van der Waals surface area contributed by atoms with Gasteiger partial charge in [-0.15, -0.1) is 0 Å². The molecule has 5 N–H and O–H groups in total. The number of carbonyl (C=O) groups is 8. The van der Waals surface area contributed by atoms with Crippen LogP contribution in [0.25, 0.3) is 0 Å². The van der Waals surface area contributed by atoms with E-state index in [0.717, 1.165) is 4.90 Å². The highest BCUT2D eigenvalue weighted by Gasteiger charge is 2.69. The Hall–Kier alpha value is -5.88. The van der Waals surface area contributed by atoms with Crippen LogP contribution >= 0.6 is 0 Å². The van der Waals surface area contributed by atoms with E-state index < -0.39 is 101 Å². The van der Waals surface area contributed by atoms with E-state index in [1.165, 1.54) is 44.3 Å². The maximum absolute atomic E-state index is 14.3. The second kappa shape index (κ2) is 16.1. The number of nitrogens with two attached hydrogens (primary N) is 1. The fraction of sp³-hybridized carbons (Fsp3) is 0.474. The molecule has 5 rings (SSSR count). The molecule has 2 saturated carbocycles. The summed E-state index contributed by atoms with van der Waals surface area (Å²) < 4.78 is 15.2. The number of ether oxygens (including phenoxy) is 3. The molecule has 18 nitrogen and oxygen atoms in total. The molecule has 0 aliphatic heterocycles. The lowest BCUT2D eigenvalue weighted by Gasteiger charge is -2.52. The number of Topliss-reactive ketones (excluding diaryl/α,β-unsaturated/α-hetero) is 4. The number of phenols is 1. The Balaban J connectivity index is 1.37. The molecule has 2 fully saturated rings. The number of phenolic OH excluding ortho intramolecular Hbond substituents is 1. The fourth-order valence-corrected chi connectivity index (χ4v) is 8.05. The lowest BCUT2D eigenvalue weighted by molar-refractivity contribution is -0.181. The zero-order chi connectivity index (χ0) is 41.4. The van der Waals surface area contributed by atoms with Crippen LogP contribution in [0, 0.1) is 23.7 Å². The minimum atomic E-state index is -2.89. The number of likely N-dealkylation sites (N-methyl/N-ethyl adjacent to an activating group) is 1. The van der Waals surface area contributed by atoms with Crippen molar-refractivity contribution in [3.8, 4) is 11.5 Å². The first-order chi connectivity index (χ1) is 26.4. The van der Waals surface area contributed by atoms with E-state index >= 15 is 0 Å².